The van der Waals surface area contributed by atoms with E-state index in [9.17, 15) is 0 Å². The van der Waals surface area contributed by atoms with E-state index in [1.54, 1.807) is 0 Å². The summed E-state index contributed by atoms with van der Waals surface area (Å²) < 4.78 is 1.98. The molecule has 0 unspecified atom stereocenters. The van der Waals surface area contributed by atoms with Gasteiger partial charge in [0.1, 0.15) is 0 Å². The maximum absolute atomic E-state index is 5.86. The fourth-order valence-corrected chi connectivity index (χ4v) is 5.21. The SMILES string of the molecule is Cl[Te]1(Cl)CC=CC1. The van der Waals surface area contributed by atoms with Crippen molar-refractivity contribution in [3.8, 4) is 0 Å². The first-order valence-electron chi connectivity index (χ1n) is 2.04. The van der Waals surface area contributed by atoms with Crippen LogP contribution in [0.1, 0.15) is 0 Å². The Morgan fingerprint density at radius 2 is 1.57 bits per heavy atom. The summed E-state index contributed by atoms with van der Waals surface area (Å²) >= 11 is -2.16. The average Bonchev–Trinajstić information content (AvgIpc) is 1.84. The molecule has 3 heteroatoms. The molecular weight excluding hydrogens is 247 g/mol. The predicted molar refractivity (Wildman–Crippen MR) is 36.2 cm³/mol. The minimum atomic E-state index is -2.16. The molecule has 0 radical (unpaired) electrons. The van der Waals surface area contributed by atoms with E-state index in [1.165, 1.54) is 0 Å². The molecule has 0 aromatic heterocycles. The summed E-state index contributed by atoms with van der Waals surface area (Å²) in [5.74, 6) is 0. The van der Waals surface area contributed by atoms with Crippen molar-refractivity contribution in [1.82, 2.24) is 0 Å². The molecule has 1 rings (SSSR count). The summed E-state index contributed by atoms with van der Waals surface area (Å²) in [5.41, 5.74) is 0. The molecule has 0 atom stereocenters. The van der Waals surface area contributed by atoms with Crippen molar-refractivity contribution in [2.45, 2.75) is 8.94 Å². The van der Waals surface area contributed by atoms with Crippen LogP contribution in [-0.4, -0.2) is 15.9 Å². The maximum atomic E-state index is 5.86. The zero-order valence-corrected chi connectivity index (χ0v) is 7.58. The summed E-state index contributed by atoms with van der Waals surface area (Å²) in [6.07, 6.45) is 4.17. The Morgan fingerprint density at radius 1 is 1.14 bits per heavy atom. The van der Waals surface area contributed by atoms with Crippen LogP contribution in [0.15, 0.2) is 12.2 Å². The van der Waals surface area contributed by atoms with E-state index in [0.29, 0.717) is 0 Å². The van der Waals surface area contributed by atoms with Gasteiger partial charge in [0.05, 0.1) is 0 Å². The molecule has 0 bridgehead atoms. The van der Waals surface area contributed by atoms with E-state index in [1.807, 2.05) is 0 Å². The van der Waals surface area contributed by atoms with Crippen molar-refractivity contribution in [2.75, 3.05) is 0 Å². The van der Waals surface area contributed by atoms with Gasteiger partial charge in [-0.1, -0.05) is 0 Å². The van der Waals surface area contributed by atoms with Gasteiger partial charge in [0.15, 0.2) is 0 Å². The zero-order valence-electron chi connectivity index (χ0n) is 3.73. The molecule has 0 amide bonds. The zero-order chi connectivity index (χ0) is 5.33. The second-order valence-corrected chi connectivity index (χ2v) is 16.4. The van der Waals surface area contributed by atoms with Gasteiger partial charge in [0.25, 0.3) is 0 Å². The summed E-state index contributed by atoms with van der Waals surface area (Å²) in [5, 5.41) is 0. The third-order valence-corrected chi connectivity index (χ3v) is 8.11. The van der Waals surface area contributed by atoms with E-state index < -0.39 is 15.9 Å². The molecule has 0 aromatic rings. The summed E-state index contributed by atoms with van der Waals surface area (Å²) in [6.45, 7) is 0. The van der Waals surface area contributed by atoms with Crippen LogP contribution in [0.25, 0.3) is 0 Å². The van der Waals surface area contributed by atoms with Crippen molar-refractivity contribution in [3.05, 3.63) is 12.2 Å². The van der Waals surface area contributed by atoms with Crippen LogP contribution >= 0.6 is 17.9 Å². The van der Waals surface area contributed by atoms with Gasteiger partial charge in [-0.25, -0.2) is 0 Å². The van der Waals surface area contributed by atoms with Crippen LogP contribution in [0, 0.1) is 0 Å². The normalized spacial score (nSPS) is 30.6. The van der Waals surface area contributed by atoms with E-state index >= 15 is 0 Å². The summed E-state index contributed by atoms with van der Waals surface area (Å²) in [4.78, 5) is 0. The van der Waals surface area contributed by atoms with Crippen molar-refractivity contribution >= 4 is 33.9 Å². The average molecular weight is 253 g/mol. The van der Waals surface area contributed by atoms with Crippen LogP contribution in [-0.2, 0) is 0 Å². The van der Waals surface area contributed by atoms with Gasteiger partial charge in [-0.15, -0.1) is 0 Å². The first kappa shape index (κ1) is 6.23. The van der Waals surface area contributed by atoms with Gasteiger partial charge in [-0.05, 0) is 0 Å². The molecule has 0 N–H and O–H groups in total. The van der Waals surface area contributed by atoms with Crippen molar-refractivity contribution < 1.29 is 0 Å². The fraction of sp³-hybridized carbons (Fsp3) is 0.500. The number of allylic oxidation sites excluding steroid dienone is 2. The van der Waals surface area contributed by atoms with Crippen molar-refractivity contribution in [2.24, 2.45) is 0 Å². The Morgan fingerprint density at radius 3 is 1.71 bits per heavy atom. The monoisotopic (exact) mass is 254 g/mol. The number of hydrogen-bond acceptors (Lipinski definition) is 0. The van der Waals surface area contributed by atoms with Crippen molar-refractivity contribution in [1.29, 1.82) is 0 Å². The Hall–Kier alpha value is 1.11. The van der Waals surface area contributed by atoms with Gasteiger partial charge in [-0.3, -0.25) is 0 Å². The van der Waals surface area contributed by atoms with Gasteiger partial charge < -0.3 is 0 Å². The first-order chi connectivity index (χ1) is 3.21. The molecule has 0 saturated heterocycles. The third-order valence-electron chi connectivity index (χ3n) is 0.847. The topological polar surface area (TPSA) is 0 Å². The van der Waals surface area contributed by atoms with Gasteiger partial charge in [0, 0.05) is 0 Å². The van der Waals surface area contributed by atoms with Gasteiger partial charge >= 0.3 is 55.0 Å². The Labute approximate surface area is 54.8 Å². The number of rotatable bonds is 0. The van der Waals surface area contributed by atoms with Crippen LogP contribution in [0.4, 0.5) is 0 Å². The molecule has 0 fully saturated rings. The van der Waals surface area contributed by atoms with E-state index in [4.69, 9.17) is 17.9 Å². The third kappa shape index (κ3) is 1.82. The van der Waals surface area contributed by atoms with Crippen molar-refractivity contribution in [3.63, 3.8) is 0 Å². The second kappa shape index (κ2) is 2.15. The Kier molecular flexibility index (Phi) is 1.91. The molecule has 7 heavy (non-hydrogen) atoms. The molecule has 1 heterocycles. The number of hydrogen-bond donors (Lipinski definition) is 0. The Balaban J connectivity index is 2.49. The Bertz CT molecular complexity index is 87.9. The standard InChI is InChI=1S/C4H6Cl2Te/c5-7(6)3-1-2-4-7/h1-2H,3-4H2. The summed E-state index contributed by atoms with van der Waals surface area (Å²) in [7, 11) is 11.7. The van der Waals surface area contributed by atoms with E-state index in [2.05, 4.69) is 12.2 Å². The molecule has 42 valence electrons. The van der Waals surface area contributed by atoms with Gasteiger partial charge in [-0.2, -0.15) is 0 Å². The quantitative estimate of drug-likeness (QED) is 0.459. The molecule has 1 aliphatic rings. The molecule has 0 spiro atoms. The van der Waals surface area contributed by atoms with E-state index in [0.717, 1.165) is 8.94 Å². The molecule has 0 aliphatic carbocycles. The second-order valence-electron chi connectivity index (χ2n) is 1.50. The molecule has 0 nitrogen and oxygen atoms in total. The van der Waals surface area contributed by atoms with E-state index in [-0.39, 0.29) is 0 Å². The molecule has 1 aliphatic heterocycles. The molecule has 0 aromatic carbocycles. The predicted octanol–water partition coefficient (Wildman–Crippen LogP) is 2.48. The summed E-state index contributed by atoms with van der Waals surface area (Å²) in [6, 6.07) is 0. The van der Waals surface area contributed by atoms with Crippen LogP contribution < -0.4 is 0 Å². The van der Waals surface area contributed by atoms with Crippen LogP contribution in [0.5, 0.6) is 0 Å². The number of halogens is 2. The molecule has 0 saturated carbocycles. The van der Waals surface area contributed by atoms with Gasteiger partial charge in [0.2, 0.25) is 0 Å². The van der Waals surface area contributed by atoms with Crippen LogP contribution in [0.3, 0.4) is 0 Å². The fourth-order valence-electron chi connectivity index (χ4n) is 0.486. The first-order valence-corrected chi connectivity index (χ1v) is 11.2. The minimum absolute atomic E-state index is 0.992. The molecular formula is C4H6Cl2Te. The van der Waals surface area contributed by atoms with Crippen LogP contribution in [0.2, 0.25) is 8.94 Å².